The number of hydrazine groups is 1. The van der Waals surface area contributed by atoms with Crippen molar-refractivity contribution in [2.45, 2.75) is 4.90 Å². The van der Waals surface area contributed by atoms with Crippen molar-refractivity contribution in [2.75, 3.05) is 5.43 Å². The summed E-state index contributed by atoms with van der Waals surface area (Å²) in [5, 5.41) is 9.20. The molecule has 0 aromatic heterocycles. The minimum Gasteiger partial charge on any atom is -0.282 e. The van der Waals surface area contributed by atoms with Crippen LogP contribution in [0, 0.1) is 10.1 Å². The maximum absolute atomic E-state index is 10.6. The predicted octanol–water partition coefficient (Wildman–Crippen LogP) is -2.46. The molecule has 0 aliphatic heterocycles. The number of rotatable bonds is 3. The van der Waals surface area contributed by atoms with Crippen LogP contribution in [0.25, 0.3) is 0 Å². The first-order valence-electron chi connectivity index (χ1n) is 3.38. The molecule has 0 saturated carbocycles. The molecule has 0 fully saturated rings. The molecule has 1 aromatic carbocycles. The van der Waals surface area contributed by atoms with Crippen LogP contribution in [0.3, 0.4) is 0 Å². The van der Waals surface area contributed by atoms with Crippen molar-refractivity contribution in [1.29, 1.82) is 0 Å². The molecule has 0 amide bonds. The Morgan fingerprint density at radius 2 is 1.73 bits per heavy atom. The summed E-state index contributed by atoms with van der Waals surface area (Å²) in [5.41, 5.74) is 1.96. The Labute approximate surface area is 108 Å². The topological polar surface area (TPSA) is 110 Å². The molecule has 0 heterocycles. The third-order valence-corrected chi connectivity index (χ3v) is 2.24. The number of hydrogen-bond acceptors (Lipinski definition) is 4. The monoisotopic (exact) mass is 241 g/mol. The van der Waals surface area contributed by atoms with E-state index in [2.05, 4.69) is 0 Å². The molecule has 1 rings (SSSR count). The number of hydrogen-bond donors (Lipinski definition) is 2. The Balaban J connectivity index is 0.00000196. The maximum atomic E-state index is 10.6. The fourth-order valence-corrected chi connectivity index (χ4v) is 1.29. The van der Waals surface area contributed by atoms with E-state index in [1.807, 2.05) is 5.43 Å². The quantitative estimate of drug-likeness (QED) is 0.263. The van der Waals surface area contributed by atoms with E-state index in [-0.39, 0.29) is 40.1 Å². The standard InChI is InChI=1S/C6H6N2O5S.Na/c9-8(10)7-5-1-3-6(4-2-5)14(11,12)13;/h1-4,7H,(H,11,12,13);/q;+1. The van der Waals surface area contributed by atoms with E-state index >= 15 is 0 Å². The number of anilines is 1. The van der Waals surface area contributed by atoms with Gasteiger partial charge in [-0.15, -0.1) is 5.43 Å². The fourth-order valence-electron chi connectivity index (χ4n) is 0.807. The predicted molar refractivity (Wildman–Crippen MR) is 46.9 cm³/mol. The Hall–Kier alpha value is -0.670. The zero-order chi connectivity index (χ0) is 10.8. The van der Waals surface area contributed by atoms with Gasteiger partial charge in [0.15, 0.2) is 5.03 Å². The van der Waals surface area contributed by atoms with Crippen LogP contribution in [0.15, 0.2) is 29.2 Å². The third kappa shape index (κ3) is 4.58. The first kappa shape index (κ1) is 14.3. The summed E-state index contributed by atoms with van der Waals surface area (Å²) in [6.07, 6.45) is 0. The van der Waals surface area contributed by atoms with E-state index in [0.717, 1.165) is 12.1 Å². The van der Waals surface area contributed by atoms with Crippen molar-refractivity contribution in [2.24, 2.45) is 0 Å². The van der Waals surface area contributed by atoms with Gasteiger partial charge in [0.05, 0.1) is 4.90 Å². The summed E-state index contributed by atoms with van der Waals surface area (Å²) in [4.78, 5) is 9.66. The van der Waals surface area contributed by atoms with Crippen molar-refractivity contribution in [3.8, 4) is 0 Å². The number of nitrogens with one attached hydrogen (secondary N) is 1. The fraction of sp³-hybridized carbons (Fsp3) is 0. The van der Waals surface area contributed by atoms with E-state index < -0.39 is 15.2 Å². The summed E-state index contributed by atoms with van der Waals surface area (Å²) < 4.78 is 29.7. The van der Waals surface area contributed by atoms with Gasteiger partial charge in [-0.25, -0.2) is 10.1 Å². The van der Waals surface area contributed by atoms with Crippen molar-refractivity contribution in [1.82, 2.24) is 0 Å². The van der Waals surface area contributed by atoms with Crippen molar-refractivity contribution >= 4 is 15.8 Å². The normalized spacial score (nSPS) is 10.2. The van der Waals surface area contributed by atoms with Gasteiger partial charge in [-0.05, 0) is 24.3 Å². The van der Waals surface area contributed by atoms with Gasteiger partial charge >= 0.3 is 29.6 Å². The first-order chi connectivity index (χ1) is 6.39. The summed E-state index contributed by atoms with van der Waals surface area (Å²) in [6.45, 7) is 0. The van der Waals surface area contributed by atoms with Gasteiger partial charge in [-0.2, -0.15) is 8.42 Å². The van der Waals surface area contributed by atoms with E-state index in [1.54, 1.807) is 0 Å². The van der Waals surface area contributed by atoms with Crippen LogP contribution in [0.2, 0.25) is 0 Å². The van der Waals surface area contributed by atoms with Crippen LogP contribution in [0.4, 0.5) is 5.69 Å². The zero-order valence-electron chi connectivity index (χ0n) is 7.75. The Kier molecular flexibility index (Phi) is 5.18. The average molecular weight is 241 g/mol. The molecule has 0 spiro atoms. The van der Waals surface area contributed by atoms with Gasteiger partial charge in [-0.1, -0.05) is 0 Å². The Morgan fingerprint density at radius 3 is 2.07 bits per heavy atom. The maximum Gasteiger partial charge on any atom is 1.00 e. The molecule has 76 valence electrons. The van der Waals surface area contributed by atoms with Crippen molar-refractivity contribution in [3.63, 3.8) is 0 Å². The van der Waals surface area contributed by atoms with Gasteiger partial charge in [0.2, 0.25) is 0 Å². The summed E-state index contributed by atoms with van der Waals surface area (Å²) >= 11 is 0. The molecule has 9 heteroatoms. The molecule has 0 bridgehead atoms. The second-order valence-corrected chi connectivity index (χ2v) is 3.79. The van der Waals surface area contributed by atoms with Gasteiger partial charge in [0.1, 0.15) is 5.69 Å². The number of nitrogens with zero attached hydrogens (tertiary/aromatic N) is 1. The molecule has 0 aliphatic rings. The minimum atomic E-state index is -4.25. The van der Waals surface area contributed by atoms with E-state index in [1.165, 1.54) is 12.1 Å². The molecule has 7 nitrogen and oxygen atoms in total. The summed E-state index contributed by atoms with van der Waals surface area (Å²) in [7, 11) is -4.25. The van der Waals surface area contributed by atoms with E-state index in [0.29, 0.717) is 0 Å². The minimum absolute atomic E-state index is 0. The second kappa shape index (κ2) is 5.42. The first-order valence-corrected chi connectivity index (χ1v) is 4.82. The van der Waals surface area contributed by atoms with Crippen LogP contribution in [0.5, 0.6) is 0 Å². The van der Waals surface area contributed by atoms with Gasteiger partial charge in [-0.3, -0.25) is 4.55 Å². The van der Waals surface area contributed by atoms with Gasteiger partial charge < -0.3 is 0 Å². The van der Waals surface area contributed by atoms with Gasteiger partial charge in [0, 0.05) is 0 Å². The smallest absolute Gasteiger partial charge is 0.282 e. The molecule has 0 aliphatic carbocycles. The Bertz CT molecular complexity index is 443. The number of nitro groups is 1. The molecular formula is C6H6N2NaO5S+. The van der Waals surface area contributed by atoms with Crippen LogP contribution < -0.4 is 35.0 Å². The van der Waals surface area contributed by atoms with E-state index in [4.69, 9.17) is 4.55 Å². The molecule has 0 atom stereocenters. The third-order valence-electron chi connectivity index (χ3n) is 1.37. The number of benzene rings is 1. The van der Waals surface area contributed by atoms with Crippen LogP contribution in [-0.2, 0) is 10.1 Å². The molecule has 0 radical (unpaired) electrons. The SMILES string of the molecule is O=[N+]([O-])Nc1ccc(S(=O)(=O)O)cc1.[Na+]. The van der Waals surface area contributed by atoms with Crippen molar-refractivity contribution in [3.05, 3.63) is 34.4 Å². The van der Waals surface area contributed by atoms with E-state index in [9.17, 15) is 18.5 Å². The van der Waals surface area contributed by atoms with Crippen LogP contribution in [-0.4, -0.2) is 18.0 Å². The largest absolute Gasteiger partial charge is 1.00 e. The molecule has 0 unspecified atom stereocenters. The van der Waals surface area contributed by atoms with Gasteiger partial charge in [0.25, 0.3) is 10.1 Å². The molecule has 0 saturated heterocycles. The van der Waals surface area contributed by atoms with Crippen molar-refractivity contribution < 1.29 is 47.6 Å². The molecule has 2 N–H and O–H groups in total. The molecular weight excluding hydrogens is 235 g/mol. The van der Waals surface area contributed by atoms with Crippen LogP contribution in [0.1, 0.15) is 0 Å². The summed E-state index contributed by atoms with van der Waals surface area (Å²) in [5.74, 6) is 0. The second-order valence-electron chi connectivity index (χ2n) is 2.37. The molecule has 15 heavy (non-hydrogen) atoms. The molecule has 1 aromatic rings. The Morgan fingerprint density at radius 1 is 1.27 bits per heavy atom. The van der Waals surface area contributed by atoms with Crippen LogP contribution >= 0.6 is 0 Å². The zero-order valence-corrected chi connectivity index (χ0v) is 10.6. The summed E-state index contributed by atoms with van der Waals surface area (Å²) in [6, 6.07) is 4.46. The average Bonchev–Trinajstić information content (AvgIpc) is 2.02.